The number of amides is 2. The number of unbranched alkanes of at least 4 members (excludes halogenated alkanes) is 2. The second kappa shape index (κ2) is 6.70. The van der Waals surface area contributed by atoms with Gasteiger partial charge in [-0.05, 0) is 25.0 Å². The van der Waals surface area contributed by atoms with Gasteiger partial charge in [0.25, 0.3) is 11.8 Å². The summed E-state index contributed by atoms with van der Waals surface area (Å²) in [5, 5.41) is 0.130. The first-order valence-corrected chi connectivity index (χ1v) is 7.68. The summed E-state index contributed by atoms with van der Waals surface area (Å²) in [5.74, 6) is 0.421. The molecule has 0 spiro atoms. The fourth-order valence-electron chi connectivity index (χ4n) is 2.21. The molecular formula is C15H17NO3S. The first-order valence-electron chi connectivity index (χ1n) is 6.70. The van der Waals surface area contributed by atoms with Gasteiger partial charge in [0, 0.05) is 19.2 Å². The Morgan fingerprint density at radius 2 is 1.65 bits per heavy atom. The molecule has 0 N–H and O–H groups in total. The highest BCUT2D eigenvalue weighted by Crippen LogP contribution is 2.22. The summed E-state index contributed by atoms with van der Waals surface area (Å²) in [6.07, 6.45) is 2.62. The van der Waals surface area contributed by atoms with E-state index in [2.05, 4.69) is 0 Å². The van der Waals surface area contributed by atoms with Crippen molar-refractivity contribution in [3.8, 4) is 0 Å². The summed E-state index contributed by atoms with van der Waals surface area (Å²) in [6.45, 7) is 2.01. The molecule has 0 saturated carbocycles. The monoisotopic (exact) mass is 291 g/mol. The van der Waals surface area contributed by atoms with E-state index < -0.39 is 0 Å². The van der Waals surface area contributed by atoms with Crippen LogP contribution in [0, 0.1) is 0 Å². The highest BCUT2D eigenvalue weighted by molar-refractivity contribution is 8.13. The van der Waals surface area contributed by atoms with Gasteiger partial charge in [-0.2, -0.15) is 0 Å². The smallest absolute Gasteiger partial charge is 0.261 e. The third kappa shape index (κ3) is 3.28. The van der Waals surface area contributed by atoms with Crippen LogP contribution in [0.1, 0.15) is 46.9 Å². The Kier molecular flexibility index (Phi) is 4.95. The van der Waals surface area contributed by atoms with Gasteiger partial charge in [-0.25, -0.2) is 0 Å². The molecule has 1 aromatic carbocycles. The number of rotatable bonds is 6. The number of benzene rings is 1. The van der Waals surface area contributed by atoms with Crippen LogP contribution < -0.4 is 0 Å². The summed E-state index contributed by atoms with van der Waals surface area (Å²) < 4.78 is 0. The molecule has 5 heteroatoms. The van der Waals surface area contributed by atoms with Crippen LogP contribution in [-0.2, 0) is 4.79 Å². The highest BCUT2D eigenvalue weighted by atomic mass is 32.2. The molecule has 0 fully saturated rings. The molecule has 20 heavy (non-hydrogen) atoms. The molecule has 2 amide bonds. The van der Waals surface area contributed by atoms with E-state index in [0.717, 1.165) is 25.0 Å². The van der Waals surface area contributed by atoms with Crippen molar-refractivity contribution in [1.29, 1.82) is 0 Å². The Bertz CT molecular complexity index is 507. The van der Waals surface area contributed by atoms with Gasteiger partial charge >= 0.3 is 0 Å². The minimum atomic E-state index is -0.191. The lowest BCUT2D eigenvalue weighted by atomic mass is 10.1. The maximum Gasteiger partial charge on any atom is 0.261 e. The van der Waals surface area contributed by atoms with Crippen molar-refractivity contribution < 1.29 is 14.4 Å². The van der Waals surface area contributed by atoms with E-state index in [0.29, 0.717) is 17.7 Å². The zero-order valence-electron chi connectivity index (χ0n) is 11.4. The van der Waals surface area contributed by atoms with Crippen molar-refractivity contribution in [2.45, 2.75) is 26.2 Å². The largest absolute Gasteiger partial charge is 0.288 e. The Labute approximate surface area is 122 Å². The van der Waals surface area contributed by atoms with E-state index in [4.69, 9.17) is 0 Å². The Morgan fingerprint density at radius 3 is 2.20 bits per heavy atom. The van der Waals surface area contributed by atoms with Gasteiger partial charge in [0.05, 0.1) is 11.1 Å². The minimum Gasteiger partial charge on any atom is -0.288 e. The van der Waals surface area contributed by atoms with E-state index in [1.807, 2.05) is 0 Å². The van der Waals surface area contributed by atoms with E-state index in [1.54, 1.807) is 31.2 Å². The van der Waals surface area contributed by atoms with E-state index >= 15 is 0 Å². The molecule has 0 radical (unpaired) electrons. The molecule has 0 atom stereocenters. The summed E-state index contributed by atoms with van der Waals surface area (Å²) >= 11 is 1.32. The lowest BCUT2D eigenvalue weighted by Gasteiger charge is -2.13. The zero-order chi connectivity index (χ0) is 14.5. The van der Waals surface area contributed by atoms with Crippen LogP contribution in [0.2, 0.25) is 0 Å². The van der Waals surface area contributed by atoms with Gasteiger partial charge in [0.2, 0.25) is 0 Å². The summed E-state index contributed by atoms with van der Waals surface area (Å²) in [5.41, 5.74) is 1.01. The minimum absolute atomic E-state index is 0.130. The van der Waals surface area contributed by atoms with Crippen LogP contribution in [0.4, 0.5) is 0 Å². The van der Waals surface area contributed by atoms with Crippen molar-refractivity contribution in [2.75, 3.05) is 12.3 Å². The molecule has 0 unspecified atom stereocenters. The summed E-state index contributed by atoms with van der Waals surface area (Å²) in [7, 11) is 0. The quantitative estimate of drug-likeness (QED) is 0.597. The SMILES string of the molecule is CC(=O)SCCCCCN1C(=O)c2ccccc2C1=O. The number of carbonyl (C=O) groups is 3. The fraction of sp³-hybridized carbons (Fsp3) is 0.400. The topological polar surface area (TPSA) is 54.5 Å². The number of fused-ring (bicyclic) bond motifs is 1. The second-order valence-corrected chi connectivity index (χ2v) is 5.98. The van der Waals surface area contributed by atoms with Gasteiger partial charge in [0.1, 0.15) is 0 Å². The highest BCUT2D eigenvalue weighted by Gasteiger charge is 2.34. The molecule has 0 bridgehead atoms. The van der Waals surface area contributed by atoms with Gasteiger partial charge in [0.15, 0.2) is 5.12 Å². The van der Waals surface area contributed by atoms with Crippen LogP contribution in [0.25, 0.3) is 0 Å². The Morgan fingerprint density at radius 1 is 1.05 bits per heavy atom. The van der Waals surface area contributed by atoms with Gasteiger partial charge < -0.3 is 0 Å². The molecule has 1 aromatic rings. The first-order chi connectivity index (χ1) is 9.61. The van der Waals surface area contributed by atoms with Crippen molar-refractivity contribution in [3.63, 3.8) is 0 Å². The van der Waals surface area contributed by atoms with Crippen molar-refractivity contribution in [1.82, 2.24) is 4.90 Å². The molecule has 0 aliphatic carbocycles. The normalized spacial score (nSPS) is 13.8. The molecule has 1 heterocycles. The zero-order valence-corrected chi connectivity index (χ0v) is 12.2. The van der Waals surface area contributed by atoms with Crippen molar-refractivity contribution >= 4 is 28.7 Å². The van der Waals surface area contributed by atoms with Gasteiger partial charge in [-0.1, -0.05) is 30.3 Å². The third-order valence-corrected chi connectivity index (χ3v) is 4.11. The number of imide groups is 1. The maximum atomic E-state index is 12.1. The predicted octanol–water partition coefficient (Wildman–Crippen LogP) is 2.73. The van der Waals surface area contributed by atoms with Crippen molar-refractivity contribution in [2.24, 2.45) is 0 Å². The Hall–Kier alpha value is -1.62. The van der Waals surface area contributed by atoms with Crippen LogP contribution >= 0.6 is 11.8 Å². The van der Waals surface area contributed by atoms with Crippen LogP contribution in [0.3, 0.4) is 0 Å². The van der Waals surface area contributed by atoms with Crippen molar-refractivity contribution in [3.05, 3.63) is 35.4 Å². The van der Waals surface area contributed by atoms with Crippen LogP contribution in [0.15, 0.2) is 24.3 Å². The number of hydrogen-bond donors (Lipinski definition) is 0. The lowest BCUT2D eigenvalue weighted by Crippen LogP contribution is -2.30. The standard InChI is InChI=1S/C15H17NO3S/c1-11(17)20-10-6-2-5-9-16-14(18)12-7-3-4-8-13(12)15(16)19/h3-4,7-8H,2,5-6,9-10H2,1H3. The maximum absolute atomic E-state index is 12.1. The molecule has 106 valence electrons. The number of carbonyl (C=O) groups excluding carboxylic acids is 3. The van der Waals surface area contributed by atoms with Gasteiger partial charge in [-0.15, -0.1) is 0 Å². The molecule has 1 aliphatic heterocycles. The van der Waals surface area contributed by atoms with Gasteiger partial charge in [-0.3, -0.25) is 19.3 Å². The molecule has 2 rings (SSSR count). The van der Waals surface area contributed by atoms with E-state index in [1.165, 1.54) is 16.7 Å². The predicted molar refractivity (Wildman–Crippen MR) is 78.8 cm³/mol. The lowest BCUT2D eigenvalue weighted by molar-refractivity contribution is -0.109. The fourth-order valence-corrected chi connectivity index (χ4v) is 2.84. The van der Waals surface area contributed by atoms with E-state index in [-0.39, 0.29) is 16.9 Å². The molecule has 0 saturated heterocycles. The molecule has 0 aromatic heterocycles. The third-order valence-electron chi connectivity index (χ3n) is 3.21. The van der Waals surface area contributed by atoms with E-state index in [9.17, 15) is 14.4 Å². The second-order valence-electron chi connectivity index (χ2n) is 4.71. The Balaban J connectivity index is 1.79. The molecule has 1 aliphatic rings. The number of thioether (sulfide) groups is 1. The number of hydrogen-bond acceptors (Lipinski definition) is 4. The first kappa shape index (κ1) is 14.8. The number of nitrogens with zero attached hydrogens (tertiary/aromatic N) is 1. The van der Waals surface area contributed by atoms with Crippen LogP contribution in [-0.4, -0.2) is 34.1 Å². The molecule has 4 nitrogen and oxygen atoms in total. The summed E-state index contributed by atoms with van der Waals surface area (Å²) in [6, 6.07) is 6.93. The molecular weight excluding hydrogens is 274 g/mol. The van der Waals surface area contributed by atoms with Crippen LogP contribution in [0.5, 0.6) is 0 Å². The summed E-state index contributed by atoms with van der Waals surface area (Å²) in [4.78, 5) is 36.2. The average Bonchev–Trinajstić information content (AvgIpc) is 2.67. The average molecular weight is 291 g/mol.